The predicted octanol–water partition coefficient (Wildman–Crippen LogP) is 3.92. The Bertz CT molecular complexity index is 1540. The zero-order valence-corrected chi connectivity index (χ0v) is 22.8. The van der Waals surface area contributed by atoms with Gasteiger partial charge in [-0.2, -0.15) is 0 Å². The number of rotatable bonds is 6. The summed E-state index contributed by atoms with van der Waals surface area (Å²) in [5, 5.41) is 2.56. The van der Waals surface area contributed by atoms with Crippen LogP contribution in [-0.4, -0.2) is 52.0 Å². The van der Waals surface area contributed by atoms with Crippen LogP contribution >= 0.6 is 0 Å². The molecule has 3 aliphatic rings. The summed E-state index contributed by atoms with van der Waals surface area (Å²) in [4.78, 5) is 45.3. The zero-order chi connectivity index (χ0) is 28.7. The van der Waals surface area contributed by atoms with Crippen LogP contribution in [0.5, 0.6) is 5.75 Å². The van der Waals surface area contributed by atoms with E-state index in [9.17, 15) is 23.2 Å². The molecule has 1 saturated heterocycles. The number of carbonyl (C=O) groups excluding carboxylic acids is 2. The van der Waals surface area contributed by atoms with Gasteiger partial charge in [-0.1, -0.05) is 49.2 Å². The summed E-state index contributed by atoms with van der Waals surface area (Å²) < 4.78 is 35.2. The lowest BCUT2D eigenvalue weighted by Crippen LogP contribution is -2.66. The molecule has 1 N–H and O–H groups in total. The standard InChI is InChI=1S/C31H32F2N4O4/c1-35-15-21-9-5-6-10-25(21)37-26(35)17-36-16-23(30(39)34-14-20-11-12-22(32)13-24(20)33)28(38)29(27(36)31(37)40)41-18-19-7-3-2-4-8-19/h2-4,7-8,11-13,16,21,25-26H,5-6,9-10,14-15,17-18H2,1H3,(H,34,39)/t21-,25-,26-/m0/s1. The molecule has 1 aliphatic carbocycles. The first kappa shape index (κ1) is 27.1. The van der Waals surface area contributed by atoms with Gasteiger partial charge in [0.2, 0.25) is 5.43 Å². The molecule has 2 aliphatic heterocycles. The number of fused-ring (bicyclic) bond motifs is 4. The Morgan fingerprint density at radius 3 is 2.61 bits per heavy atom. The molecule has 41 heavy (non-hydrogen) atoms. The lowest BCUT2D eigenvalue weighted by atomic mass is 9.80. The maximum Gasteiger partial charge on any atom is 0.276 e. The third kappa shape index (κ3) is 5.12. The van der Waals surface area contributed by atoms with Crippen molar-refractivity contribution >= 4 is 11.8 Å². The molecule has 0 spiro atoms. The second kappa shape index (κ2) is 11.1. The Balaban J connectivity index is 1.37. The summed E-state index contributed by atoms with van der Waals surface area (Å²) in [6.45, 7) is 1.04. The van der Waals surface area contributed by atoms with E-state index < -0.39 is 23.0 Å². The van der Waals surface area contributed by atoms with E-state index in [1.165, 1.54) is 12.3 Å². The minimum absolute atomic E-state index is 0.0393. The van der Waals surface area contributed by atoms with Crippen molar-refractivity contribution in [3.8, 4) is 5.75 Å². The van der Waals surface area contributed by atoms with E-state index in [0.717, 1.165) is 49.9 Å². The van der Waals surface area contributed by atoms with Crippen LogP contribution in [0.4, 0.5) is 8.78 Å². The monoisotopic (exact) mass is 562 g/mol. The number of ether oxygens (including phenoxy) is 1. The van der Waals surface area contributed by atoms with Crippen LogP contribution in [0.15, 0.2) is 59.5 Å². The number of pyridine rings is 1. The quantitative estimate of drug-likeness (QED) is 0.493. The van der Waals surface area contributed by atoms with Crippen molar-refractivity contribution in [2.24, 2.45) is 5.92 Å². The van der Waals surface area contributed by atoms with Gasteiger partial charge in [0.15, 0.2) is 11.4 Å². The van der Waals surface area contributed by atoms with Crippen LogP contribution < -0.4 is 15.5 Å². The first-order valence-corrected chi connectivity index (χ1v) is 14.0. The molecule has 2 amide bonds. The molecule has 2 fully saturated rings. The van der Waals surface area contributed by atoms with Crippen molar-refractivity contribution in [2.75, 3.05) is 13.6 Å². The van der Waals surface area contributed by atoms with Gasteiger partial charge in [-0.3, -0.25) is 19.3 Å². The number of nitrogens with zero attached hydrogens (tertiary/aromatic N) is 3. The smallest absolute Gasteiger partial charge is 0.276 e. The van der Waals surface area contributed by atoms with Gasteiger partial charge in [0.25, 0.3) is 11.8 Å². The summed E-state index contributed by atoms with van der Waals surface area (Å²) in [7, 11) is 2.00. The van der Waals surface area contributed by atoms with Crippen LogP contribution in [0.1, 0.15) is 57.7 Å². The number of likely N-dealkylation sites (N-methyl/N-ethyl adjacent to an activating group) is 1. The number of nitrogens with one attached hydrogen (secondary N) is 1. The first-order chi connectivity index (χ1) is 19.8. The summed E-state index contributed by atoms with van der Waals surface area (Å²) in [6, 6.07) is 12.4. The van der Waals surface area contributed by atoms with Gasteiger partial charge >= 0.3 is 0 Å². The van der Waals surface area contributed by atoms with Crippen molar-refractivity contribution < 1.29 is 23.1 Å². The third-order valence-corrected chi connectivity index (χ3v) is 8.54. The molecule has 1 saturated carbocycles. The van der Waals surface area contributed by atoms with Crippen molar-refractivity contribution in [3.63, 3.8) is 0 Å². The Labute approximate surface area is 236 Å². The van der Waals surface area contributed by atoms with E-state index in [2.05, 4.69) is 10.2 Å². The zero-order valence-electron chi connectivity index (χ0n) is 22.8. The SMILES string of the molecule is CN1C[C@@H]2CCCC[C@@H]2N2C(=O)c3c(OCc4ccccc4)c(=O)c(C(=O)NCc4ccc(F)cc4F)cn3C[C@@H]12. The maximum absolute atomic E-state index is 14.2. The molecular weight excluding hydrogens is 530 g/mol. The molecule has 8 nitrogen and oxygen atoms in total. The molecule has 2 aromatic carbocycles. The molecule has 6 rings (SSSR count). The van der Waals surface area contributed by atoms with E-state index in [1.807, 2.05) is 42.3 Å². The van der Waals surface area contributed by atoms with Crippen molar-refractivity contribution in [3.05, 3.63) is 99.0 Å². The van der Waals surface area contributed by atoms with E-state index in [1.54, 1.807) is 4.57 Å². The van der Waals surface area contributed by atoms with E-state index >= 15 is 0 Å². The number of hydrogen-bond donors (Lipinski definition) is 1. The molecule has 3 aromatic rings. The summed E-state index contributed by atoms with van der Waals surface area (Å²) in [6.07, 6.45) is 5.36. The second-order valence-electron chi connectivity index (χ2n) is 11.1. The Morgan fingerprint density at radius 1 is 1.05 bits per heavy atom. The minimum Gasteiger partial charge on any atom is -0.483 e. The molecule has 3 atom stereocenters. The van der Waals surface area contributed by atoms with Crippen LogP contribution in [0.25, 0.3) is 0 Å². The molecule has 1 aromatic heterocycles. The maximum atomic E-state index is 14.2. The summed E-state index contributed by atoms with van der Waals surface area (Å²) in [5.41, 5.74) is 0.104. The highest BCUT2D eigenvalue weighted by molar-refractivity contribution is 5.99. The largest absolute Gasteiger partial charge is 0.483 e. The van der Waals surface area contributed by atoms with Crippen LogP contribution in [0.3, 0.4) is 0 Å². The summed E-state index contributed by atoms with van der Waals surface area (Å²) >= 11 is 0. The van der Waals surface area contributed by atoms with Gasteiger partial charge in [-0.05, 0) is 37.4 Å². The van der Waals surface area contributed by atoms with Gasteiger partial charge in [-0.15, -0.1) is 0 Å². The minimum atomic E-state index is -0.800. The molecule has 214 valence electrons. The normalized spacial score (nSPS) is 22.0. The fourth-order valence-electron chi connectivity index (χ4n) is 6.47. The van der Waals surface area contributed by atoms with Crippen molar-refractivity contribution in [1.82, 2.24) is 19.7 Å². The highest BCUT2D eigenvalue weighted by Gasteiger charge is 2.48. The lowest BCUT2D eigenvalue weighted by Gasteiger charge is -2.54. The lowest BCUT2D eigenvalue weighted by molar-refractivity contribution is -0.0629. The fourth-order valence-corrected chi connectivity index (χ4v) is 6.47. The number of hydrogen-bond acceptors (Lipinski definition) is 5. The van der Waals surface area contributed by atoms with Gasteiger partial charge in [0, 0.05) is 37.0 Å². The first-order valence-electron chi connectivity index (χ1n) is 14.0. The van der Waals surface area contributed by atoms with Crippen LogP contribution in [0, 0.1) is 17.6 Å². The Kier molecular flexibility index (Phi) is 7.33. The number of amides is 2. The second-order valence-corrected chi connectivity index (χ2v) is 11.1. The Hall–Kier alpha value is -4.05. The van der Waals surface area contributed by atoms with Gasteiger partial charge in [0.05, 0.1) is 6.54 Å². The number of halogens is 2. The van der Waals surface area contributed by atoms with Gasteiger partial charge in [0.1, 0.15) is 30.0 Å². The van der Waals surface area contributed by atoms with Crippen LogP contribution in [-0.2, 0) is 19.7 Å². The predicted molar refractivity (Wildman–Crippen MR) is 147 cm³/mol. The van der Waals surface area contributed by atoms with Gasteiger partial charge < -0.3 is 19.5 Å². The molecule has 0 radical (unpaired) electrons. The van der Waals surface area contributed by atoms with E-state index in [4.69, 9.17) is 4.74 Å². The number of benzene rings is 2. The average molecular weight is 563 g/mol. The Morgan fingerprint density at radius 2 is 1.83 bits per heavy atom. The highest BCUT2D eigenvalue weighted by atomic mass is 19.1. The van der Waals surface area contributed by atoms with Gasteiger partial charge in [-0.25, -0.2) is 8.78 Å². The molecule has 10 heteroatoms. The van der Waals surface area contributed by atoms with E-state index in [-0.39, 0.29) is 53.8 Å². The van der Waals surface area contributed by atoms with E-state index in [0.29, 0.717) is 12.5 Å². The highest BCUT2D eigenvalue weighted by Crippen LogP contribution is 2.39. The molecule has 0 unspecified atom stereocenters. The topological polar surface area (TPSA) is 83.9 Å². The number of aromatic nitrogens is 1. The van der Waals surface area contributed by atoms with Crippen LogP contribution in [0.2, 0.25) is 0 Å². The third-order valence-electron chi connectivity index (χ3n) is 8.54. The molecular formula is C31H32F2N4O4. The molecule has 3 heterocycles. The van der Waals surface area contributed by atoms with Crippen molar-refractivity contribution in [2.45, 2.75) is 57.6 Å². The molecule has 0 bridgehead atoms. The number of carbonyl (C=O) groups is 2. The van der Waals surface area contributed by atoms with Crippen molar-refractivity contribution in [1.29, 1.82) is 0 Å². The summed E-state index contributed by atoms with van der Waals surface area (Å²) in [5.74, 6) is -2.33. The average Bonchev–Trinajstić information content (AvgIpc) is 2.96. The fraction of sp³-hybridized carbons (Fsp3) is 0.387.